The van der Waals surface area contributed by atoms with Gasteiger partial charge in [0, 0.05) is 17.2 Å². The highest BCUT2D eigenvalue weighted by atomic mass is 19.2. The highest BCUT2D eigenvalue weighted by Gasteiger charge is 2.09. The van der Waals surface area contributed by atoms with Crippen molar-refractivity contribution in [3.63, 3.8) is 0 Å². The van der Waals surface area contributed by atoms with E-state index in [4.69, 9.17) is 4.74 Å². The van der Waals surface area contributed by atoms with Crippen LogP contribution in [-0.2, 0) is 0 Å². The van der Waals surface area contributed by atoms with Gasteiger partial charge >= 0.3 is 0 Å². The fourth-order valence-electron chi connectivity index (χ4n) is 3.20. The van der Waals surface area contributed by atoms with Crippen molar-refractivity contribution in [2.75, 3.05) is 6.61 Å². The lowest BCUT2D eigenvalue weighted by Crippen LogP contribution is -1.94. The van der Waals surface area contributed by atoms with Crippen LogP contribution in [0, 0.1) is 52.8 Å². The van der Waals surface area contributed by atoms with Gasteiger partial charge in [-0.1, -0.05) is 42.4 Å². The Morgan fingerprint density at radius 2 is 1.31 bits per heavy atom. The third-order valence-electron chi connectivity index (χ3n) is 4.90. The van der Waals surface area contributed by atoms with Crippen molar-refractivity contribution in [1.29, 1.82) is 0 Å². The van der Waals surface area contributed by atoms with Gasteiger partial charge in [0.2, 0.25) is 0 Å². The molecule has 0 bridgehead atoms. The quantitative estimate of drug-likeness (QED) is 0.178. The van der Waals surface area contributed by atoms with Crippen LogP contribution in [0.5, 0.6) is 5.75 Å². The first-order valence-corrected chi connectivity index (χ1v) is 10.3. The lowest BCUT2D eigenvalue weighted by Gasteiger charge is -2.03. The molecular formula is C29H15F5O. The number of rotatable bonds is 3. The standard InChI is InChI=1S/C29H15F5O/c1-2-11-35-23-9-8-20(25(30)17-23)6-4-19-13-26(31)24(27(32)14-19)10-5-18-3-7-21-15-28(33)29(34)16-22(21)12-18/h2-3,7-9,12-17H,1,11H2. The molecule has 0 N–H and O–H groups in total. The van der Waals surface area contributed by atoms with Crippen LogP contribution in [0.4, 0.5) is 22.0 Å². The largest absolute Gasteiger partial charge is 0.489 e. The van der Waals surface area contributed by atoms with Gasteiger partial charge < -0.3 is 4.74 Å². The molecule has 0 fully saturated rings. The number of benzene rings is 4. The summed E-state index contributed by atoms with van der Waals surface area (Å²) in [4.78, 5) is 0. The van der Waals surface area contributed by atoms with E-state index in [1.807, 2.05) is 0 Å². The van der Waals surface area contributed by atoms with Gasteiger partial charge in [-0.3, -0.25) is 0 Å². The number of hydrogen-bond acceptors (Lipinski definition) is 1. The number of hydrogen-bond donors (Lipinski definition) is 0. The van der Waals surface area contributed by atoms with E-state index in [1.54, 1.807) is 0 Å². The summed E-state index contributed by atoms with van der Waals surface area (Å²) in [6.07, 6.45) is 1.52. The summed E-state index contributed by atoms with van der Waals surface area (Å²) in [6, 6.07) is 12.7. The summed E-state index contributed by atoms with van der Waals surface area (Å²) < 4.78 is 75.3. The van der Waals surface area contributed by atoms with Crippen molar-refractivity contribution in [1.82, 2.24) is 0 Å². The Kier molecular flexibility index (Phi) is 6.85. The Morgan fingerprint density at radius 3 is 2.00 bits per heavy atom. The van der Waals surface area contributed by atoms with Gasteiger partial charge in [0.1, 0.15) is 29.8 Å². The highest BCUT2D eigenvalue weighted by molar-refractivity contribution is 5.84. The second kappa shape index (κ2) is 10.2. The fourth-order valence-corrected chi connectivity index (χ4v) is 3.20. The zero-order valence-corrected chi connectivity index (χ0v) is 18.1. The molecule has 1 nitrogen and oxygen atoms in total. The summed E-state index contributed by atoms with van der Waals surface area (Å²) >= 11 is 0. The SMILES string of the molecule is C=CCOc1ccc(C#Cc2cc(F)c(C#Cc3ccc4cc(F)c(F)cc4c3)c(F)c2)c(F)c1. The van der Waals surface area contributed by atoms with E-state index >= 15 is 0 Å². The molecular weight excluding hydrogens is 459 g/mol. The number of halogens is 5. The molecule has 172 valence electrons. The van der Waals surface area contributed by atoms with Crippen molar-refractivity contribution in [2.24, 2.45) is 0 Å². The molecule has 0 atom stereocenters. The van der Waals surface area contributed by atoms with Crippen LogP contribution >= 0.6 is 0 Å². The molecule has 0 spiro atoms. The van der Waals surface area contributed by atoms with Crippen molar-refractivity contribution in [2.45, 2.75) is 0 Å². The normalized spacial score (nSPS) is 10.2. The smallest absolute Gasteiger partial charge is 0.159 e. The average Bonchev–Trinajstić information content (AvgIpc) is 2.82. The fraction of sp³-hybridized carbons (Fsp3) is 0.0345. The highest BCUT2D eigenvalue weighted by Crippen LogP contribution is 2.21. The monoisotopic (exact) mass is 474 g/mol. The second-order valence-corrected chi connectivity index (χ2v) is 7.38. The predicted molar refractivity (Wildman–Crippen MR) is 124 cm³/mol. The van der Waals surface area contributed by atoms with Crippen molar-refractivity contribution in [3.05, 3.63) is 125 Å². The molecule has 35 heavy (non-hydrogen) atoms. The van der Waals surface area contributed by atoms with Gasteiger partial charge in [-0.2, -0.15) is 0 Å². The van der Waals surface area contributed by atoms with Crippen LogP contribution in [0.25, 0.3) is 10.8 Å². The first kappa shape index (κ1) is 23.6. The Hall–Kier alpha value is -4.55. The van der Waals surface area contributed by atoms with Crippen LogP contribution in [0.15, 0.2) is 73.3 Å². The molecule has 0 heterocycles. The van der Waals surface area contributed by atoms with E-state index in [2.05, 4.69) is 30.3 Å². The van der Waals surface area contributed by atoms with E-state index in [-0.39, 0.29) is 17.7 Å². The Labute approximate surface area is 198 Å². The van der Waals surface area contributed by atoms with Gasteiger partial charge in [0.25, 0.3) is 0 Å². The van der Waals surface area contributed by atoms with Crippen LogP contribution in [0.3, 0.4) is 0 Å². The molecule has 0 aromatic heterocycles. The molecule has 0 aliphatic carbocycles. The van der Waals surface area contributed by atoms with E-state index in [0.29, 0.717) is 22.1 Å². The topological polar surface area (TPSA) is 9.23 Å². The second-order valence-electron chi connectivity index (χ2n) is 7.38. The number of ether oxygens (including phenoxy) is 1. The maximum absolute atomic E-state index is 14.5. The molecule has 6 heteroatoms. The maximum atomic E-state index is 14.5. The minimum absolute atomic E-state index is 0.000130. The lowest BCUT2D eigenvalue weighted by atomic mass is 10.1. The third-order valence-corrected chi connectivity index (χ3v) is 4.90. The number of fused-ring (bicyclic) bond motifs is 1. The minimum atomic E-state index is -1.01. The summed E-state index contributed by atoms with van der Waals surface area (Å²) in [5, 5.41) is 0.861. The Balaban J connectivity index is 1.58. The summed E-state index contributed by atoms with van der Waals surface area (Å²) in [5.74, 6) is 5.93. The lowest BCUT2D eigenvalue weighted by molar-refractivity contribution is 0.361. The zero-order valence-electron chi connectivity index (χ0n) is 18.1. The van der Waals surface area contributed by atoms with Crippen molar-refractivity contribution in [3.8, 4) is 29.4 Å². The molecule has 0 saturated heterocycles. The van der Waals surface area contributed by atoms with Gasteiger partial charge in [0.15, 0.2) is 11.6 Å². The Bertz CT molecular complexity index is 1560. The molecule has 0 radical (unpaired) electrons. The van der Waals surface area contributed by atoms with Crippen LogP contribution < -0.4 is 4.74 Å². The van der Waals surface area contributed by atoms with Gasteiger partial charge in [-0.15, -0.1) is 0 Å². The first-order valence-electron chi connectivity index (χ1n) is 10.3. The van der Waals surface area contributed by atoms with E-state index in [1.165, 1.54) is 36.4 Å². The van der Waals surface area contributed by atoms with E-state index in [9.17, 15) is 22.0 Å². The molecule has 4 rings (SSSR count). The van der Waals surface area contributed by atoms with Crippen LogP contribution in [0.2, 0.25) is 0 Å². The maximum Gasteiger partial charge on any atom is 0.159 e. The van der Waals surface area contributed by atoms with Gasteiger partial charge in [-0.25, -0.2) is 22.0 Å². The molecule has 0 unspecified atom stereocenters. The van der Waals surface area contributed by atoms with Crippen LogP contribution in [0.1, 0.15) is 22.3 Å². The van der Waals surface area contributed by atoms with Crippen molar-refractivity contribution < 1.29 is 26.7 Å². The predicted octanol–water partition coefficient (Wildman–Crippen LogP) is 6.90. The average molecular weight is 474 g/mol. The molecule has 0 amide bonds. The van der Waals surface area contributed by atoms with Crippen molar-refractivity contribution >= 4 is 10.8 Å². The molecule has 4 aromatic carbocycles. The molecule has 0 aliphatic rings. The zero-order chi connectivity index (χ0) is 24.9. The third kappa shape index (κ3) is 5.51. The molecule has 4 aromatic rings. The minimum Gasteiger partial charge on any atom is -0.489 e. The van der Waals surface area contributed by atoms with Crippen LogP contribution in [-0.4, -0.2) is 6.61 Å². The van der Waals surface area contributed by atoms with E-state index in [0.717, 1.165) is 30.3 Å². The van der Waals surface area contributed by atoms with Gasteiger partial charge in [0.05, 0.1) is 11.1 Å². The van der Waals surface area contributed by atoms with Gasteiger partial charge in [-0.05, 0) is 59.3 Å². The summed E-state index contributed by atoms with van der Waals surface area (Å²) in [6.45, 7) is 3.73. The Morgan fingerprint density at radius 1 is 0.629 bits per heavy atom. The summed E-state index contributed by atoms with van der Waals surface area (Å²) in [5.41, 5.74) is -0.0774. The molecule has 0 saturated carbocycles. The molecule has 0 aliphatic heterocycles. The summed E-state index contributed by atoms with van der Waals surface area (Å²) in [7, 11) is 0. The first-order chi connectivity index (χ1) is 16.8. The van der Waals surface area contributed by atoms with E-state index < -0.39 is 34.6 Å².